The first-order valence-electron chi connectivity index (χ1n) is 9.50. The average molecular weight is 390 g/mol. The van der Waals surface area contributed by atoms with Crippen LogP contribution in [0.25, 0.3) is 0 Å². The lowest BCUT2D eigenvalue weighted by Gasteiger charge is -2.22. The molecule has 0 heterocycles. The number of ether oxygens (including phenoxy) is 2. The molecule has 0 aliphatic heterocycles. The summed E-state index contributed by atoms with van der Waals surface area (Å²) in [5.41, 5.74) is 2.92. The second-order valence-corrected chi connectivity index (χ2v) is 6.73. The number of anilines is 1. The van der Waals surface area contributed by atoms with E-state index in [2.05, 4.69) is 34.5 Å². The van der Waals surface area contributed by atoms with Crippen molar-refractivity contribution in [3.8, 4) is 11.5 Å². The Labute approximate surface area is 171 Å². The highest BCUT2D eigenvalue weighted by atomic mass is 16.5. The molecular formula is C24H26N2O3. The fraction of sp³-hybridized carbons (Fsp3) is 0.208. The van der Waals surface area contributed by atoms with Gasteiger partial charge in [-0.3, -0.25) is 9.69 Å². The van der Waals surface area contributed by atoms with E-state index < -0.39 is 0 Å². The SMILES string of the molecule is COc1ccc(OC)c(NC(=O)CN(Cc2ccccc2)Cc2ccccc2)c1. The number of nitrogens with zero attached hydrogens (tertiary/aromatic N) is 1. The van der Waals surface area contributed by atoms with Gasteiger partial charge in [0.05, 0.1) is 26.5 Å². The Kier molecular flexibility index (Phi) is 7.25. The summed E-state index contributed by atoms with van der Waals surface area (Å²) in [6.45, 7) is 1.61. The maximum atomic E-state index is 12.8. The molecule has 0 aliphatic rings. The summed E-state index contributed by atoms with van der Waals surface area (Å²) in [6.07, 6.45) is 0. The summed E-state index contributed by atoms with van der Waals surface area (Å²) in [6, 6.07) is 25.6. The maximum Gasteiger partial charge on any atom is 0.238 e. The molecule has 3 aromatic rings. The van der Waals surface area contributed by atoms with E-state index in [-0.39, 0.29) is 12.5 Å². The summed E-state index contributed by atoms with van der Waals surface area (Å²) < 4.78 is 10.6. The number of carbonyl (C=O) groups excluding carboxylic acids is 1. The first-order valence-corrected chi connectivity index (χ1v) is 9.50. The van der Waals surface area contributed by atoms with E-state index in [1.165, 1.54) is 0 Å². The molecule has 5 heteroatoms. The van der Waals surface area contributed by atoms with Gasteiger partial charge in [0.25, 0.3) is 0 Å². The molecule has 0 atom stereocenters. The zero-order chi connectivity index (χ0) is 20.5. The van der Waals surface area contributed by atoms with E-state index in [0.29, 0.717) is 30.3 Å². The molecule has 0 saturated carbocycles. The first kappa shape index (κ1) is 20.4. The number of benzene rings is 3. The van der Waals surface area contributed by atoms with Crippen molar-refractivity contribution in [3.05, 3.63) is 90.0 Å². The van der Waals surface area contributed by atoms with Gasteiger partial charge in [-0.1, -0.05) is 60.7 Å². The maximum absolute atomic E-state index is 12.8. The molecular weight excluding hydrogens is 364 g/mol. The molecule has 3 rings (SSSR count). The zero-order valence-electron chi connectivity index (χ0n) is 16.8. The predicted octanol–water partition coefficient (Wildman–Crippen LogP) is 4.34. The van der Waals surface area contributed by atoms with Crippen molar-refractivity contribution >= 4 is 11.6 Å². The third-order valence-corrected chi connectivity index (χ3v) is 4.55. The Bertz CT molecular complexity index is 872. The van der Waals surface area contributed by atoms with Crippen molar-refractivity contribution in [3.63, 3.8) is 0 Å². The highest BCUT2D eigenvalue weighted by molar-refractivity contribution is 5.94. The van der Waals surface area contributed by atoms with Crippen molar-refractivity contribution in [2.75, 3.05) is 26.1 Å². The van der Waals surface area contributed by atoms with Crippen LogP contribution >= 0.6 is 0 Å². The van der Waals surface area contributed by atoms with Gasteiger partial charge in [0.15, 0.2) is 0 Å². The summed E-state index contributed by atoms with van der Waals surface area (Å²) in [5.74, 6) is 1.15. The van der Waals surface area contributed by atoms with Crippen LogP contribution in [0, 0.1) is 0 Å². The van der Waals surface area contributed by atoms with Gasteiger partial charge in [-0.15, -0.1) is 0 Å². The molecule has 0 unspecified atom stereocenters. The fourth-order valence-electron chi connectivity index (χ4n) is 3.16. The molecule has 1 amide bonds. The van der Waals surface area contributed by atoms with E-state index in [9.17, 15) is 4.79 Å². The Balaban J connectivity index is 1.73. The standard InChI is InChI=1S/C24H26N2O3/c1-28-21-13-14-23(29-2)22(15-21)25-24(27)18-26(16-19-9-5-3-6-10-19)17-20-11-7-4-8-12-20/h3-15H,16-18H2,1-2H3,(H,25,27). The quantitative estimate of drug-likeness (QED) is 0.590. The number of amides is 1. The minimum atomic E-state index is -0.108. The van der Waals surface area contributed by atoms with Gasteiger partial charge < -0.3 is 14.8 Å². The highest BCUT2D eigenvalue weighted by Crippen LogP contribution is 2.28. The van der Waals surface area contributed by atoms with Crippen molar-refractivity contribution < 1.29 is 14.3 Å². The third kappa shape index (κ3) is 6.09. The molecule has 0 saturated heterocycles. The Morgan fingerprint density at radius 1 is 0.828 bits per heavy atom. The number of carbonyl (C=O) groups is 1. The third-order valence-electron chi connectivity index (χ3n) is 4.55. The Hall–Kier alpha value is -3.31. The van der Waals surface area contributed by atoms with Crippen molar-refractivity contribution in [1.82, 2.24) is 4.90 Å². The molecule has 0 fully saturated rings. The van der Waals surface area contributed by atoms with Gasteiger partial charge in [0.2, 0.25) is 5.91 Å². The molecule has 0 spiro atoms. The van der Waals surface area contributed by atoms with Crippen LogP contribution in [0.15, 0.2) is 78.9 Å². The van der Waals surface area contributed by atoms with Gasteiger partial charge in [-0.05, 0) is 23.3 Å². The van der Waals surface area contributed by atoms with E-state index in [1.54, 1.807) is 32.4 Å². The van der Waals surface area contributed by atoms with Crippen LogP contribution in [0.3, 0.4) is 0 Å². The zero-order valence-corrected chi connectivity index (χ0v) is 16.8. The van der Waals surface area contributed by atoms with E-state index in [4.69, 9.17) is 9.47 Å². The molecule has 0 bridgehead atoms. The molecule has 150 valence electrons. The van der Waals surface area contributed by atoms with Crippen molar-refractivity contribution in [2.24, 2.45) is 0 Å². The lowest BCUT2D eigenvalue weighted by atomic mass is 10.1. The van der Waals surface area contributed by atoms with Crippen molar-refractivity contribution in [1.29, 1.82) is 0 Å². The minimum absolute atomic E-state index is 0.108. The second kappa shape index (κ2) is 10.3. The largest absolute Gasteiger partial charge is 0.497 e. The minimum Gasteiger partial charge on any atom is -0.497 e. The van der Waals surface area contributed by atoms with E-state index >= 15 is 0 Å². The summed E-state index contributed by atoms with van der Waals surface area (Å²) in [7, 11) is 3.17. The lowest BCUT2D eigenvalue weighted by Crippen LogP contribution is -2.32. The van der Waals surface area contributed by atoms with Gasteiger partial charge >= 0.3 is 0 Å². The van der Waals surface area contributed by atoms with E-state index in [1.807, 2.05) is 36.4 Å². The van der Waals surface area contributed by atoms with Crippen LogP contribution in [0.1, 0.15) is 11.1 Å². The molecule has 1 N–H and O–H groups in total. The Morgan fingerprint density at radius 3 is 1.93 bits per heavy atom. The van der Waals surface area contributed by atoms with Crippen LogP contribution in [0.4, 0.5) is 5.69 Å². The first-order chi connectivity index (χ1) is 14.2. The topological polar surface area (TPSA) is 50.8 Å². The van der Waals surface area contributed by atoms with Gasteiger partial charge in [0.1, 0.15) is 11.5 Å². The number of hydrogen-bond acceptors (Lipinski definition) is 4. The molecule has 29 heavy (non-hydrogen) atoms. The summed E-state index contributed by atoms with van der Waals surface area (Å²) in [4.78, 5) is 14.9. The molecule has 3 aromatic carbocycles. The van der Waals surface area contributed by atoms with Crippen LogP contribution in [0.2, 0.25) is 0 Å². The van der Waals surface area contributed by atoms with Crippen LogP contribution < -0.4 is 14.8 Å². The highest BCUT2D eigenvalue weighted by Gasteiger charge is 2.15. The fourth-order valence-corrected chi connectivity index (χ4v) is 3.16. The summed E-state index contributed by atoms with van der Waals surface area (Å²) >= 11 is 0. The summed E-state index contributed by atoms with van der Waals surface area (Å²) in [5, 5.41) is 2.95. The number of hydrogen-bond donors (Lipinski definition) is 1. The van der Waals surface area contributed by atoms with E-state index in [0.717, 1.165) is 11.1 Å². The molecule has 0 radical (unpaired) electrons. The van der Waals surface area contributed by atoms with Crippen LogP contribution in [-0.4, -0.2) is 31.6 Å². The predicted molar refractivity (Wildman–Crippen MR) is 115 cm³/mol. The van der Waals surface area contributed by atoms with Gasteiger partial charge in [-0.25, -0.2) is 0 Å². The van der Waals surface area contributed by atoms with Crippen LogP contribution in [0.5, 0.6) is 11.5 Å². The number of methoxy groups -OCH3 is 2. The number of rotatable bonds is 9. The lowest BCUT2D eigenvalue weighted by molar-refractivity contribution is -0.117. The molecule has 5 nitrogen and oxygen atoms in total. The van der Waals surface area contributed by atoms with Gasteiger partial charge in [0, 0.05) is 19.2 Å². The number of nitrogens with one attached hydrogen (secondary N) is 1. The Morgan fingerprint density at radius 2 is 1.41 bits per heavy atom. The average Bonchev–Trinajstić information content (AvgIpc) is 2.75. The second-order valence-electron chi connectivity index (χ2n) is 6.73. The van der Waals surface area contributed by atoms with Crippen LogP contribution in [-0.2, 0) is 17.9 Å². The normalized spacial score (nSPS) is 10.6. The van der Waals surface area contributed by atoms with Crippen molar-refractivity contribution in [2.45, 2.75) is 13.1 Å². The monoisotopic (exact) mass is 390 g/mol. The molecule has 0 aliphatic carbocycles. The smallest absolute Gasteiger partial charge is 0.238 e. The molecule has 0 aromatic heterocycles. The van der Waals surface area contributed by atoms with Gasteiger partial charge in [-0.2, -0.15) is 0 Å².